The molecule has 0 saturated carbocycles. The smallest absolute Gasteiger partial charge is 0.270 e. The molecule has 11 heteroatoms. The van der Waals surface area contributed by atoms with Crippen LogP contribution in [0.1, 0.15) is 26.7 Å². The maximum Gasteiger partial charge on any atom is 0.270 e. The minimum Gasteiger partial charge on any atom is -0.348 e. The first-order chi connectivity index (χ1) is 11.6. The van der Waals surface area contributed by atoms with Crippen molar-refractivity contribution in [3.05, 3.63) is 34.4 Å². The highest BCUT2D eigenvalue weighted by atomic mass is 35.5. The molecule has 0 radical (unpaired) electrons. The quantitative estimate of drug-likeness (QED) is 0.466. The number of carbonyl (C=O) groups is 1. The highest BCUT2D eigenvalue weighted by Gasteiger charge is 2.29. The summed E-state index contributed by atoms with van der Waals surface area (Å²) >= 11 is 0. The van der Waals surface area contributed by atoms with Gasteiger partial charge in [0.1, 0.15) is 0 Å². The van der Waals surface area contributed by atoms with Crippen LogP contribution in [0.25, 0.3) is 0 Å². The lowest BCUT2D eigenvalue weighted by molar-refractivity contribution is -0.385. The maximum absolute atomic E-state index is 12.5. The topological polar surface area (TPSA) is 136 Å². The Labute approximate surface area is 159 Å². The number of likely N-dealkylation sites (N-methyl/N-ethyl adjacent to an activating group) is 1. The van der Waals surface area contributed by atoms with E-state index in [1.807, 2.05) is 13.8 Å². The van der Waals surface area contributed by atoms with Crippen molar-refractivity contribution >= 4 is 34.0 Å². The van der Waals surface area contributed by atoms with Gasteiger partial charge in [0.2, 0.25) is 15.9 Å². The summed E-state index contributed by atoms with van der Waals surface area (Å²) < 4.78 is 25.9. The summed E-state index contributed by atoms with van der Waals surface area (Å²) in [4.78, 5) is 22.1. The second kappa shape index (κ2) is 9.81. The zero-order valence-corrected chi connectivity index (χ0v) is 16.6. The number of hydrogen-bond acceptors (Lipinski definition) is 6. The lowest BCUT2D eigenvalue weighted by Crippen LogP contribution is -2.55. The predicted octanol–water partition coefficient (Wildman–Crippen LogP) is 1.27. The highest BCUT2D eigenvalue weighted by Crippen LogP contribution is 2.20. The SMILES string of the molecule is CCC(CC)(CN)NC(=O)CN(C)S(=O)(=O)c1cccc([N+](=O)[O-])c1.Cl. The Kier molecular flexibility index (Phi) is 9.15. The molecule has 0 unspecified atom stereocenters. The van der Waals surface area contributed by atoms with Crippen LogP contribution in [0.2, 0.25) is 0 Å². The van der Waals surface area contributed by atoms with Gasteiger partial charge < -0.3 is 11.1 Å². The second-order valence-electron chi connectivity index (χ2n) is 5.76. The lowest BCUT2D eigenvalue weighted by atomic mass is 9.93. The number of hydrogen-bond donors (Lipinski definition) is 2. The normalized spacial score (nSPS) is 11.7. The number of amides is 1. The molecule has 1 rings (SSSR count). The number of rotatable bonds is 9. The van der Waals surface area contributed by atoms with Crippen molar-refractivity contribution in [1.82, 2.24) is 9.62 Å². The molecule has 9 nitrogen and oxygen atoms in total. The Hall–Kier alpha value is -1.75. The minimum absolute atomic E-state index is 0. The summed E-state index contributed by atoms with van der Waals surface area (Å²) in [5.41, 5.74) is 4.81. The van der Waals surface area contributed by atoms with E-state index in [1.54, 1.807) is 0 Å². The monoisotopic (exact) mass is 408 g/mol. The summed E-state index contributed by atoms with van der Waals surface area (Å²) in [6.07, 6.45) is 1.24. The van der Waals surface area contributed by atoms with Crippen LogP contribution in [0.3, 0.4) is 0 Å². The third-order valence-electron chi connectivity index (χ3n) is 4.25. The fourth-order valence-corrected chi connectivity index (χ4v) is 3.49. The minimum atomic E-state index is -4.03. The molecule has 0 bridgehead atoms. The zero-order valence-electron chi connectivity index (χ0n) is 15.0. The average Bonchev–Trinajstić information content (AvgIpc) is 2.59. The molecule has 0 aliphatic heterocycles. The number of carbonyl (C=O) groups excluding carboxylic acids is 1. The molecule has 1 aromatic rings. The van der Waals surface area contributed by atoms with Crippen molar-refractivity contribution < 1.29 is 18.1 Å². The van der Waals surface area contributed by atoms with E-state index in [9.17, 15) is 23.3 Å². The molecule has 0 aliphatic rings. The summed E-state index contributed by atoms with van der Waals surface area (Å²) in [6, 6.07) is 4.70. The van der Waals surface area contributed by atoms with Crippen molar-refractivity contribution in [2.45, 2.75) is 37.1 Å². The van der Waals surface area contributed by atoms with E-state index in [0.29, 0.717) is 12.8 Å². The van der Waals surface area contributed by atoms with Crippen LogP contribution in [0.4, 0.5) is 5.69 Å². The number of nitro groups is 1. The summed E-state index contributed by atoms with van der Waals surface area (Å²) in [5.74, 6) is -0.481. The number of non-ortho nitro benzene ring substituents is 1. The van der Waals surface area contributed by atoms with Crippen LogP contribution >= 0.6 is 12.4 Å². The predicted molar refractivity (Wildman–Crippen MR) is 101 cm³/mol. The number of nitro benzene ring substituents is 1. The standard InChI is InChI=1S/C15H24N4O5S.ClH/c1-4-15(5-2,11-16)17-14(20)10-18(3)25(23,24)13-8-6-7-12(9-13)19(21)22;/h6-9H,4-5,10-11,16H2,1-3H3,(H,17,20);1H. The summed E-state index contributed by atoms with van der Waals surface area (Å²) in [7, 11) is -2.78. The van der Waals surface area contributed by atoms with Crippen LogP contribution in [0.15, 0.2) is 29.2 Å². The number of nitrogens with one attached hydrogen (secondary N) is 1. The van der Waals surface area contributed by atoms with Crippen LogP contribution < -0.4 is 11.1 Å². The van der Waals surface area contributed by atoms with Crippen LogP contribution in [0, 0.1) is 10.1 Å². The average molecular weight is 409 g/mol. The first-order valence-electron chi connectivity index (χ1n) is 7.83. The molecule has 0 aliphatic carbocycles. The Bertz CT molecular complexity index is 729. The van der Waals surface area contributed by atoms with Crippen LogP contribution in [-0.4, -0.2) is 49.2 Å². The fourth-order valence-electron chi connectivity index (χ4n) is 2.33. The highest BCUT2D eigenvalue weighted by molar-refractivity contribution is 7.89. The van der Waals surface area contributed by atoms with Gasteiger partial charge in [-0.3, -0.25) is 14.9 Å². The van der Waals surface area contributed by atoms with Crippen molar-refractivity contribution in [2.24, 2.45) is 5.73 Å². The number of sulfonamides is 1. The van der Waals surface area contributed by atoms with Gasteiger partial charge in [-0.05, 0) is 18.9 Å². The molecular weight excluding hydrogens is 384 g/mol. The molecule has 3 N–H and O–H groups in total. The largest absolute Gasteiger partial charge is 0.348 e. The number of nitrogens with zero attached hydrogens (tertiary/aromatic N) is 2. The third kappa shape index (κ3) is 5.63. The van der Waals surface area contributed by atoms with Gasteiger partial charge in [-0.25, -0.2) is 8.42 Å². The van der Waals surface area contributed by atoms with E-state index in [2.05, 4.69) is 5.32 Å². The van der Waals surface area contributed by atoms with Crippen molar-refractivity contribution in [1.29, 1.82) is 0 Å². The molecular formula is C15H25ClN4O5S. The fraction of sp³-hybridized carbons (Fsp3) is 0.533. The number of halogens is 1. The maximum atomic E-state index is 12.5. The van der Waals surface area contributed by atoms with Crippen molar-refractivity contribution in [3.8, 4) is 0 Å². The second-order valence-corrected chi connectivity index (χ2v) is 7.80. The molecule has 1 aromatic carbocycles. The first-order valence-corrected chi connectivity index (χ1v) is 9.27. The number of nitrogens with two attached hydrogens (primary N) is 1. The van der Waals surface area contributed by atoms with Gasteiger partial charge in [0.25, 0.3) is 5.69 Å². The number of benzene rings is 1. The first kappa shape index (κ1) is 24.2. The van der Waals surface area contributed by atoms with E-state index in [4.69, 9.17) is 5.73 Å². The van der Waals surface area contributed by atoms with Gasteiger partial charge in [-0.2, -0.15) is 4.31 Å². The Morgan fingerprint density at radius 3 is 2.38 bits per heavy atom. The van der Waals surface area contributed by atoms with E-state index in [-0.39, 0.29) is 29.5 Å². The van der Waals surface area contributed by atoms with E-state index >= 15 is 0 Å². The van der Waals surface area contributed by atoms with E-state index < -0.39 is 32.9 Å². The van der Waals surface area contributed by atoms with Crippen LogP contribution in [0.5, 0.6) is 0 Å². The zero-order chi connectivity index (χ0) is 19.3. The van der Waals surface area contributed by atoms with Crippen LogP contribution in [-0.2, 0) is 14.8 Å². The van der Waals surface area contributed by atoms with Gasteiger partial charge >= 0.3 is 0 Å². The Balaban J connectivity index is 0.00000625. The van der Waals surface area contributed by atoms with Gasteiger partial charge in [0.15, 0.2) is 0 Å². The van der Waals surface area contributed by atoms with Gasteiger partial charge in [0.05, 0.1) is 21.9 Å². The summed E-state index contributed by atoms with van der Waals surface area (Å²) in [5, 5.41) is 13.6. The van der Waals surface area contributed by atoms with E-state index in [1.165, 1.54) is 25.2 Å². The van der Waals surface area contributed by atoms with Gasteiger partial charge in [0, 0.05) is 25.7 Å². The molecule has 0 heterocycles. The molecule has 148 valence electrons. The third-order valence-corrected chi connectivity index (χ3v) is 6.05. The molecule has 0 atom stereocenters. The van der Waals surface area contributed by atoms with Gasteiger partial charge in [-0.15, -0.1) is 12.4 Å². The Morgan fingerprint density at radius 1 is 1.35 bits per heavy atom. The molecule has 1 amide bonds. The Morgan fingerprint density at radius 2 is 1.92 bits per heavy atom. The van der Waals surface area contributed by atoms with Crippen molar-refractivity contribution in [3.63, 3.8) is 0 Å². The van der Waals surface area contributed by atoms with E-state index in [0.717, 1.165) is 10.4 Å². The molecule has 26 heavy (non-hydrogen) atoms. The summed E-state index contributed by atoms with van der Waals surface area (Å²) in [6.45, 7) is 3.61. The van der Waals surface area contributed by atoms with Crippen molar-refractivity contribution in [2.75, 3.05) is 20.1 Å². The van der Waals surface area contributed by atoms with Gasteiger partial charge in [-0.1, -0.05) is 19.9 Å². The molecule has 0 fully saturated rings. The molecule has 0 spiro atoms. The molecule has 0 aromatic heterocycles. The lowest BCUT2D eigenvalue weighted by Gasteiger charge is -2.32. The molecule has 0 saturated heterocycles.